The number of likely N-dealkylation sites (tertiary alicyclic amines) is 1. The molecule has 0 spiro atoms. The number of benzene rings is 1. The van der Waals surface area contributed by atoms with Crippen LogP contribution in [0.4, 0.5) is 0 Å². The SMILES string of the molecule is COc1ccc(C(=O)CN2CC(C)CC(C)C2C)cc1. The summed E-state index contributed by atoms with van der Waals surface area (Å²) in [5.74, 6) is 2.31. The molecule has 3 atom stereocenters. The number of methoxy groups -OCH3 is 1. The van der Waals surface area contributed by atoms with E-state index >= 15 is 0 Å². The fraction of sp³-hybridized carbons (Fsp3) is 0.588. The molecule has 3 heteroatoms. The third-order valence-electron chi connectivity index (χ3n) is 4.48. The maximum absolute atomic E-state index is 12.4. The Bertz CT molecular complexity index is 455. The molecule has 0 aliphatic carbocycles. The molecule has 0 N–H and O–H groups in total. The Labute approximate surface area is 121 Å². The number of rotatable bonds is 4. The van der Waals surface area contributed by atoms with Gasteiger partial charge in [0.2, 0.25) is 0 Å². The van der Waals surface area contributed by atoms with Crippen molar-refractivity contribution >= 4 is 5.78 Å². The predicted molar refractivity (Wildman–Crippen MR) is 81.3 cm³/mol. The Morgan fingerprint density at radius 1 is 1.25 bits per heavy atom. The van der Waals surface area contributed by atoms with E-state index in [1.54, 1.807) is 7.11 Å². The lowest BCUT2D eigenvalue weighted by molar-refractivity contribution is 0.0650. The van der Waals surface area contributed by atoms with E-state index in [2.05, 4.69) is 25.7 Å². The standard InChI is InChI=1S/C17H25NO2/c1-12-9-13(2)14(3)18(10-12)11-17(19)15-5-7-16(20-4)8-6-15/h5-8,12-14H,9-11H2,1-4H3. The summed E-state index contributed by atoms with van der Waals surface area (Å²) in [5, 5.41) is 0. The number of Topliss-reactive ketones (excluding diaryl/α,β-unsaturated/α-hetero) is 1. The van der Waals surface area contributed by atoms with Crippen molar-refractivity contribution in [1.29, 1.82) is 0 Å². The molecule has 0 aromatic heterocycles. The monoisotopic (exact) mass is 275 g/mol. The van der Waals surface area contributed by atoms with Crippen LogP contribution in [0, 0.1) is 11.8 Å². The van der Waals surface area contributed by atoms with Gasteiger partial charge in [-0.1, -0.05) is 13.8 Å². The second kappa shape index (κ2) is 6.40. The fourth-order valence-corrected chi connectivity index (χ4v) is 3.09. The average molecular weight is 275 g/mol. The van der Waals surface area contributed by atoms with Crippen LogP contribution in [0.3, 0.4) is 0 Å². The van der Waals surface area contributed by atoms with Gasteiger partial charge in [-0.3, -0.25) is 9.69 Å². The Balaban J connectivity index is 2.02. The first-order valence-electron chi connectivity index (χ1n) is 7.42. The van der Waals surface area contributed by atoms with Crippen LogP contribution in [0.25, 0.3) is 0 Å². The number of ether oxygens (including phenoxy) is 1. The smallest absolute Gasteiger partial charge is 0.176 e. The van der Waals surface area contributed by atoms with Gasteiger partial charge in [-0.2, -0.15) is 0 Å². The molecule has 0 radical (unpaired) electrons. The summed E-state index contributed by atoms with van der Waals surface area (Å²) in [6, 6.07) is 7.87. The minimum Gasteiger partial charge on any atom is -0.497 e. The van der Waals surface area contributed by atoms with Crippen LogP contribution < -0.4 is 4.74 Å². The zero-order valence-corrected chi connectivity index (χ0v) is 12.9. The molecule has 1 saturated heterocycles. The van der Waals surface area contributed by atoms with Crippen molar-refractivity contribution in [2.45, 2.75) is 33.2 Å². The largest absolute Gasteiger partial charge is 0.497 e. The fourth-order valence-electron chi connectivity index (χ4n) is 3.09. The summed E-state index contributed by atoms with van der Waals surface area (Å²) >= 11 is 0. The normalized spacial score (nSPS) is 27.3. The van der Waals surface area contributed by atoms with Gasteiger partial charge in [-0.25, -0.2) is 0 Å². The lowest BCUT2D eigenvalue weighted by Gasteiger charge is -2.40. The number of hydrogen-bond acceptors (Lipinski definition) is 3. The number of nitrogens with zero attached hydrogens (tertiary/aromatic N) is 1. The highest BCUT2D eigenvalue weighted by molar-refractivity contribution is 5.97. The Morgan fingerprint density at radius 3 is 2.50 bits per heavy atom. The average Bonchev–Trinajstić information content (AvgIpc) is 2.44. The van der Waals surface area contributed by atoms with Crippen molar-refractivity contribution in [3.63, 3.8) is 0 Å². The molecule has 0 bridgehead atoms. The third-order valence-corrected chi connectivity index (χ3v) is 4.48. The number of carbonyl (C=O) groups excluding carboxylic acids is 1. The first-order valence-corrected chi connectivity index (χ1v) is 7.42. The summed E-state index contributed by atoms with van der Waals surface area (Å²) in [7, 11) is 1.63. The van der Waals surface area contributed by atoms with Gasteiger partial charge in [0.25, 0.3) is 0 Å². The molecule has 1 aromatic rings. The van der Waals surface area contributed by atoms with Gasteiger partial charge < -0.3 is 4.74 Å². The maximum Gasteiger partial charge on any atom is 0.176 e. The van der Waals surface area contributed by atoms with Crippen molar-refractivity contribution in [1.82, 2.24) is 4.90 Å². The van der Waals surface area contributed by atoms with E-state index in [0.717, 1.165) is 17.9 Å². The van der Waals surface area contributed by atoms with Gasteiger partial charge >= 0.3 is 0 Å². The lowest BCUT2D eigenvalue weighted by atomic mass is 9.86. The van der Waals surface area contributed by atoms with E-state index in [1.807, 2.05) is 24.3 Å². The molecule has 2 rings (SSSR count). The molecular weight excluding hydrogens is 250 g/mol. The first-order chi connectivity index (χ1) is 9.51. The van der Waals surface area contributed by atoms with E-state index in [-0.39, 0.29) is 5.78 Å². The number of ketones is 1. The van der Waals surface area contributed by atoms with Crippen molar-refractivity contribution < 1.29 is 9.53 Å². The van der Waals surface area contributed by atoms with Gasteiger partial charge in [0.15, 0.2) is 5.78 Å². The van der Waals surface area contributed by atoms with E-state index in [1.165, 1.54) is 6.42 Å². The molecule has 110 valence electrons. The predicted octanol–water partition coefficient (Wildman–Crippen LogP) is 3.24. The van der Waals surface area contributed by atoms with Gasteiger partial charge in [0.05, 0.1) is 13.7 Å². The molecule has 1 heterocycles. The third kappa shape index (κ3) is 3.40. The zero-order chi connectivity index (χ0) is 14.7. The summed E-state index contributed by atoms with van der Waals surface area (Å²) < 4.78 is 5.12. The zero-order valence-electron chi connectivity index (χ0n) is 12.9. The quantitative estimate of drug-likeness (QED) is 0.790. The highest BCUT2D eigenvalue weighted by Crippen LogP contribution is 2.27. The minimum atomic E-state index is 0.195. The molecule has 1 aliphatic rings. The second-order valence-electron chi connectivity index (χ2n) is 6.14. The lowest BCUT2D eigenvalue weighted by Crippen LogP contribution is -2.47. The summed E-state index contributed by atoms with van der Waals surface area (Å²) in [4.78, 5) is 14.7. The molecule has 1 aromatic carbocycles. The van der Waals surface area contributed by atoms with Gasteiger partial charge in [-0.15, -0.1) is 0 Å². The van der Waals surface area contributed by atoms with Crippen LogP contribution in [0.1, 0.15) is 37.6 Å². The second-order valence-corrected chi connectivity index (χ2v) is 6.14. The topological polar surface area (TPSA) is 29.5 Å². The molecule has 3 unspecified atom stereocenters. The van der Waals surface area contributed by atoms with Crippen LogP contribution in [0.15, 0.2) is 24.3 Å². The molecule has 20 heavy (non-hydrogen) atoms. The van der Waals surface area contributed by atoms with Crippen molar-refractivity contribution in [2.24, 2.45) is 11.8 Å². The molecule has 0 amide bonds. The van der Waals surface area contributed by atoms with Crippen LogP contribution >= 0.6 is 0 Å². The summed E-state index contributed by atoms with van der Waals surface area (Å²) in [5.41, 5.74) is 0.767. The summed E-state index contributed by atoms with van der Waals surface area (Å²) in [6.07, 6.45) is 1.26. The minimum absolute atomic E-state index is 0.195. The van der Waals surface area contributed by atoms with Gasteiger partial charge in [0.1, 0.15) is 5.75 Å². The van der Waals surface area contributed by atoms with Crippen molar-refractivity contribution in [3.8, 4) is 5.75 Å². The van der Waals surface area contributed by atoms with E-state index in [4.69, 9.17) is 4.74 Å². The van der Waals surface area contributed by atoms with Gasteiger partial charge in [0, 0.05) is 18.2 Å². The molecule has 3 nitrogen and oxygen atoms in total. The van der Waals surface area contributed by atoms with Crippen LogP contribution in [-0.4, -0.2) is 36.9 Å². The number of carbonyl (C=O) groups is 1. The van der Waals surface area contributed by atoms with Crippen LogP contribution in [-0.2, 0) is 0 Å². The number of piperidine rings is 1. The molecule has 0 saturated carbocycles. The molecule has 1 fully saturated rings. The Morgan fingerprint density at radius 2 is 1.90 bits per heavy atom. The van der Waals surface area contributed by atoms with Gasteiger partial charge in [-0.05, 0) is 49.4 Å². The maximum atomic E-state index is 12.4. The highest BCUT2D eigenvalue weighted by Gasteiger charge is 2.29. The Hall–Kier alpha value is -1.35. The van der Waals surface area contributed by atoms with Crippen LogP contribution in [0.2, 0.25) is 0 Å². The summed E-state index contributed by atoms with van der Waals surface area (Å²) in [6.45, 7) is 8.33. The highest BCUT2D eigenvalue weighted by atomic mass is 16.5. The molecule has 1 aliphatic heterocycles. The van der Waals surface area contributed by atoms with Crippen LogP contribution in [0.5, 0.6) is 5.75 Å². The van der Waals surface area contributed by atoms with E-state index in [9.17, 15) is 4.79 Å². The Kier molecular flexibility index (Phi) is 4.81. The van der Waals surface area contributed by atoms with Crippen molar-refractivity contribution in [3.05, 3.63) is 29.8 Å². The number of hydrogen-bond donors (Lipinski definition) is 0. The van der Waals surface area contributed by atoms with Crippen molar-refractivity contribution in [2.75, 3.05) is 20.2 Å². The molecular formula is C17H25NO2. The van der Waals surface area contributed by atoms with E-state index in [0.29, 0.717) is 24.4 Å². The van der Waals surface area contributed by atoms with E-state index < -0.39 is 0 Å². The first kappa shape index (κ1) is 15.0.